The molecule has 0 aromatic heterocycles. The van der Waals surface area contributed by atoms with Crippen LogP contribution in [-0.2, 0) is 9.53 Å². The minimum Gasteiger partial charge on any atom is -0.464 e. The van der Waals surface area contributed by atoms with Gasteiger partial charge in [0, 0.05) is 6.54 Å². The van der Waals surface area contributed by atoms with E-state index in [0.717, 1.165) is 30.1 Å². The standard InChI is InChI=1S/C24H31NO2/c26-24(27-19-18-25-17-16-20-10-4-1-5-11-20)23(21-12-6-2-7-13-21)22-14-8-3-9-15-22/h2-3,6-9,12-15,20,23,25H,1,4-5,10-11,16-19H2. The molecular formula is C24H31NO2. The summed E-state index contributed by atoms with van der Waals surface area (Å²) < 4.78 is 5.60. The summed E-state index contributed by atoms with van der Waals surface area (Å²) in [5.41, 5.74) is 1.94. The van der Waals surface area contributed by atoms with Gasteiger partial charge in [-0.1, -0.05) is 92.8 Å². The molecule has 3 nitrogen and oxygen atoms in total. The van der Waals surface area contributed by atoms with Crippen LogP contribution in [0.2, 0.25) is 0 Å². The van der Waals surface area contributed by atoms with E-state index >= 15 is 0 Å². The highest BCUT2D eigenvalue weighted by atomic mass is 16.5. The fraction of sp³-hybridized carbons (Fsp3) is 0.458. The molecule has 0 bridgehead atoms. The summed E-state index contributed by atoms with van der Waals surface area (Å²) in [6, 6.07) is 19.7. The Morgan fingerprint density at radius 3 is 2.07 bits per heavy atom. The van der Waals surface area contributed by atoms with Gasteiger partial charge in [-0.3, -0.25) is 4.79 Å². The van der Waals surface area contributed by atoms with Crippen molar-refractivity contribution in [2.24, 2.45) is 5.92 Å². The van der Waals surface area contributed by atoms with E-state index in [9.17, 15) is 4.79 Å². The molecule has 1 fully saturated rings. The number of hydrogen-bond donors (Lipinski definition) is 1. The fourth-order valence-corrected chi connectivity index (χ4v) is 3.97. The molecule has 1 N–H and O–H groups in total. The predicted octanol–water partition coefficient (Wildman–Crippen LogP) is 4.92. The number of esters is 1. The van der Waals surface area contributed by atoms with Crippen LogP contribution in [0, 0.1) is 5.92 Å². The molecule has 0 atom stereocenters. The van der Waals surface area contributed by atoms with Gasteiger partial charge in [0.05, 0.1) is 0 Å². The Morgan fingerprint density at radius 2 is 1.48 bits per heavy atom. The predicted molar refractivity (Wildman–Crippen MR) is 110 cm³/mol. The molecule has 2 aromatic rings. The Morgan fingerprint density at radius 1 is 0.889 bits per heavy atom. The average Bonchev–Trinajstić information content (AvgIpc) is 2.73. The molecule has 0 saturated heterocycles. The molecule has 0 aliphatic heterocycles. The Bertz CT molecular complexity index is 626. The van der Waals surface area contributed by atoms with Crippen molar-refractivity contribution in [1.29, 1.82) is 0 Å². The van der Waals surface area contributed by atoms with E-state index in [-0.39, 0.29) is 11.9 Å². The van der Waals surface area contributed by atoms with Crippen molar-refractivity contribution in [3.05, 3.63) is 71.8 Å². The third-order valence-electron chi connectivity index (χ3n) is 5.48. The Kier molecular flexibility index (Phi) is 7.91. The van der Waals surface area contributed by atoms with Crippen LogP contribution < -0.4 is 5.32 Å². The van der Waals surface area contributed by atoms with E-state index < -0.39 is 0 Å². The van der Waals surface area contributed by atoms with Crippen LogP contribution in [0.3, 0.4) is 0 Å². The second kappa shape index (κ2) is 10.9. The molecule has 144 valence electrons. The highest BCUT2D eigenvalue weighted by molar-refractivity contribution is 5.82. The molecular weight excluding hydrogens is 334 g/mol. The smallest absolute Gasteiger partial charge is 0.317 e. The number of carbonyl (C=O) groups is 1. The van der Waals surface area contributed by atoms with E-state index in [1.54, 1.807) is 0 Å². The number of hydrogen-bond acceptors (Lipinski definition) is 3. The van der Waals surface area contributed by atoms with E-state index in [1.807, 2.05) is 60.7 Å². The van der Waals surface area contributed by atoms with Crippen molar-refractivity contribution < 1.29 is 9.53 Å². The molecule has 1 saturated carbocycles. The molecule has 2 aromatic carbocycles. The van der Waals surface area contributed by atoms with Gasteiger partial charge in [-0.05, 0) is 30.0 Å². The summed E-state index contributed by atoms with van der Waals surface area (Å²) in [6.07, 6.45) is 8.19. The van der Waals surface area contributed by atoms with E-state index in [4.69, 9.17) is 4.74 Å². The third kappa shape index (κ3) is 6.21. The molecule has 0 radical (unpaired) electrons. The van der Waals surface area contributed by atoms with Gasteiger partial charge in [0.25, 0.3) is 0 Å². The van der Waals surface area contributed by atoms with Crippen LogP contribution in [0.4, 0.5) is 0 Å². The lowest BCUT2D eigenvalue weighted by molar-refractivity contribution is -0.144. The largest absolute Gasteiger partial charge is 0.464 e. The highest BCUT2D eigenvalue weighted by Crippen LogP contribution is 2.26. The van der Waals surface area contributed by atoms with E-state index in [1.165, 1.54) is 38.5 Å². The number of benzene rings is 2. The first kappa shape index (κ1) is 19.6. The number of rotatable bonds is 9. The second-order valence-electron chi connectivity index (χ2n) is 7.46. The first-order valence-electron chi connectivity index (χ1n) is 10.3. The van der Waals surface area contributed by atoms with Crippen LogP contribution in [-0.4, -0.2) is 25.7 Å². The van der Waals surface area contributed by atoms with Crippen LogP contribution in [0.1, 0.15) is 55.6 Å². The minimum absolute atomic E-state index is 0.179. The van der Waals surface area contributed by atoms with Crippen molar-refractivity contribution >= 4 is 5.97 Å². The molecule has 27 heavy (non-hydrogen) atoms. The fourth-order valence-electron chi connectivity index (χ4n) is 3.97. The van der Waals surface area contributed by atoms with Gasteiger partial charge in [-0.2, -0.15) is 0 Å². The van der Waals surface area contributed by atoms with Crippen LogP contribution >= 0.6 is 0 Å². The molecule has 0 amide bonds. The second-order valence-corrected chi connectivity index (χ2v) is 7.46. The monoisotopic (exact) mass is 365 g/mol. The number of nitrogens with one attached hydrogen (secondary N) is 1. The Labute approximate surface area is 163 Å². The molecule has 3 heteroatoms. The number of carbonyl (C=O) groups excluding carboxylic acids is 1. The topological polar surface area (TPSA) is 38.3 Å². The summed E-state index contributed by atoms with van der Waals surface area (Å²) in [6.45, 7) is 2.15. The Balaban J connectivity index is 1.45. The van der Waals surface area contributed by atoms with Gasteiger partial charge in [0.1, 0.15) is 12.5 Å². The first-order chi connectivity index (χ1) is 13.3. The van der Waals surface area contributed by atoms with Crippen molar-refractivity contribution in [2.75, 3.05) is 19.7 Å². The normalized spacial score (nSPS) is 15.0. The van der Waals surface area contributed by atoms with Crippen LogP contribution in [0.5, 0.6) is 0 Å². The third-order valence-corrected chi connectivity index (χ3v) is 5.48. The zero-order valence-electron chi connectivity index (χ0n) is 16.1. The van der Waals surface area contributed by atoms with Crippen LogP contribution in [0.15, 0.2) is 60.7 Å². The lowest BCUT2D eigenvalue weighted by Gasteiger charge is -2.21. The zero-order chi connectivity index (χ0) is 18.7. The SMILES string of the molecule is O=C(OCCNCCC1CCCCC1)C(c1ccccc1)c1ccccc1. The van der Waals surface area contributed by atoms with Crippen molar-refractivity contribution in [2.45, 2.75) is 44.4 Å². The Hall–Kier alpha value is -2.13. The van der Waals surface area contributed by atoms with Gasteiger partial charge in [0.15, 0.2) is 0 Å². The molecule has 3 rings (SSSR count). The van der Waals surface area contributed by atoms with Gasteiger partial charge >= 0.3 is 5.97 Å². The van der Waals surface area contributed by atoms with Crippen molar-refractivity contribution in [1.82, 2.24) is 5.32 Å². The molecule has 0 spiro atoms. The van der Waals surface area contributed by atoms with Crippen LogP contribution in [0.25, 0.3) is 0 Å². The van der Waals surface area contributed by atoms with E-state index in [2.05, 4.69) is 5.32 Å². The van der Waals surface area contributed by atoms with Crippen molar-refractivity contribution in [3.8, 4) is 0 Å². The maximum absolute atomic E-state index is 12.8. The lowest BCUT2D eigenvalue weighted by atomic mass is 9.87. The van der Waals surface area contributed by atoms with Crippen molar-refractivity contribution in [3.63, 3.8) is 0 Å². The highest BCUT2D eigenvalue weighted by Gasteiger charge is 2.23. The summed E-state index contributed by atoms with van der Waals surface area (Å²) >= 11 is 0. The summed E-state index contributed by atoms with van der Waals surface area (Å²) in [7, 11) is 0. The van der Waals surface area contributed by atoms with E-state index in [0.29, 0.717) is 6.61 Å². The quantitative estimate of drug-likeness (QED) is 0.506. The lowest BCUT2D eigenvalue weighted by Crippen LogP contribution is -2.26. The van der Waals surface area contributed by atoms with Gasteiger partial charge in [-0.25, -0.2) is 0 Å². The van der Waals surface area contributed by atoms with Gasteiger partial charge in [-0.15, -0.1) is 0 Å². The maximum atomic E-state index is 12.8. The summed E-state index contributed by atoms with van der Waals surface area (Å²) in [5, 5.41) is 3.43. The molecule has 0 unspecified atom stereocenters. The summed E-state index contributed by atoms with van der Waals surface area (Å²) in [4.78, 5) is 12.8. The minimum atomic E-state index is -0.366. The molecule has 0 heterocycles. The zero-order valence-corrected chi connectivity index (χ0v) is 16.1. The van der Waals surface area contributed by atoms with Gasteiger partial charge < -0.3 is 10.1 Å². The number of ether oxygens (including phenoxy) is 1. The first-order valence-corrected chi connectivity index (χ1v) is 10.3. The summed E-state index contributed by atoms with van der Waals surface area (Å²) in [5.74, 6) is 0.338. The molecule has 1 aliphatic carbocycles. The average molecular weight is 366 g/mol. The van der Waals surface area contributed by atoms with Gasteiger partial charge in [0.2, 0.25) is 0 Å². The maximum Gasteiger partial charge on any atom is 0.317 e. The molecule has 1 aliphatic rings.